The Kier molecular flexibility index (Phi) is 4.89. The van der Waals surface area contributed by atoms with Gasteiger partial charge in [0, 0.05) is 22.0 Å². The maximum atomic E-state index is 12.9. The lowest BCUT2D eigenvalue weighted by molar-refractivity contribution is -0.113. The van der Waals surface area contributed by atoms with Crippen LogP contribution in [0, 0.1) is 0 Å². The maximum Gasteiger partial charge on any atom is 0.254 e. The highest BCUT2D eigenvalue weighted by Gasteiger charge is 2.27. The molecule has 2 heterocycles. The van der Waals surface area contributed by atoms with Crippen molar-refractivity contribution < 1.29 is 14.3 Å². The minimum atomic E-state index is -0.169. The van der Waals surface area contributed by atoms with Crippen molar-refractivity contribution in [2.45, 2.75) is 11.0 Å². The molecule has 26 heavy (non-hydrogen) atoms. The third kappa shape index (κ3) is 3.58. The second-order valence-corrected chi connectivity index (χ2v) is 7.66. The number of nitrogens with one attached hydrogen (secondary N) is 1. The molecule has 5 nitrogen and oxygen atoms in total. The Morgan fingerprint density at radius 2 is 2.04 bits per heavy atom. The Hall–Kier alpha value is -2.02. The highest BCUT2D eigenvalue weighted by molar-refractivity contribution is 8.00. The predicted molar refractivity (Wildman–Crippen MR) is 102 cm³/mol. The number of carbonyl (C=O) groups excluding carboxylic acids is 2. The van der Waals surface area contributed by atoms with Crippen LogP contribution in [0.15, 0.2) is 47.4 Å². The summed E-state index contributed by atoms with van der Waals surface area (Å²) in [6.45, 7) is 1.51. The average molecular weight is 389 g/mol. The second kappa shape index (κ2) is 7.31. The summed E-state index contributed by atoms with van der Waals surface area (Å²) in [5.74, 6) is 0.313. The summed E-state index contributed by atoms with van der Waals surface area (Å²) in [7, 11) is 0. The van der Waals surface area contributed by atoms with E-state index in [4.69, 9.17) is 16.3 Å². The summed E-state index contributed by atoms with van der Waals surface area (Å²) in [6.07, 6.45) is -0.169. The van der Waals surface area contributed by atoms with E-state index in [0.717, 1.165) is 10.5 Å². The second-order valence-electron chi connectivity index (χ2n) is 6.21. The van der Waals surface area contributed by atoms with Gasteiger partial charge in [0.15, 0.2) is 0 Å². The number of fused-ring (bicyclic) bond motifs is 1. The molecule has 4 rings (SSSR count). The number of thioether (sulfide) groups is 1. The van der Waals surface area contributed by atoms with Crippen LogP contribution in [0.25, 0.3) is 0 Å². The summed E-state index contributed by atoms with van der Waals surface area (Å²) in [4.78, 5) is 27.3. The molecule has 0 spiro atoms. The van der Waals surface area contributed by atoms with Crippen LogP contribution in [0.3, 0.4) is 0 Å². The molecule has 1 atom stereocenters. The molecule has 1 unspecified atom stereocenters. The van der Waals surface area contributed by atoms with Crippen molar-refractivity contribution >= 4 is 40.9 Å². The quantitative estimate of drug-likeness (QED) is 0.854. The van der Waals surface area contributed by atoms with Crippen LogP contribution in [-0.4, -0.2) is 42.2 Å². The molecule has 7 heteroatoms. The summed E-state index contributed by atoms with van der Waals surface area (Å²) in [6, 6.07) is 13.0. The fourth-order valence-electron chi connectivity index (χ4n) is 3.11. The van der Waals surface area contributed by atoms with Crippen molar-refractivity contribution in [2.24, 2.45) is 0 Å². The van der Waals surface area contributed by atoms with Crippen molar-refractivity contribution in [3.8, 4) is 0 Å². The monoisotopic (exact) mass is 388 g/mol. The summed E-state index contributed by atoms with van der Waals surface area (Å²) in [5, 5.41) is 3.50. The van der Waals surface area contributed by atoms with E-state index < -0.39 is 0 Å². The first kappa shape index (κ1) is 17.4. The van der Waals surface area contributed by atoms with E-state index >= 15 is 0 Å². The average Bonchev–Trinajstić information content (AvgIpc) is 2.67. The number of benzene rings is 2. The molecule has 0 aliphatic carbocycles. The van der Waals surface area contributed by atoms with E-state index in [-0.39, 0.29) is 17.9 Å². The normalized spacial score (nSPS) is 19.7. The van der Waals surface area contributed by atoms with Crippen molar-refractivity contribution in [1.82, 2.24) is 4.90 Å². The van der Waals surface area contributed by atoms with Gasteiger partial charge in [-0.05, 0) is 35.9 Å². The van der Waals surface area contributed by atoms with Gasteiger partial charge in [-0.3, -0.25) is 9.59 Å². The van der Waals surface area contributed by atoms with E-state index in [2.05, 4.69) is 5.32 Å². The zero-order valence-corrected chi connectivity index (χ0v) is 15.5. The van der Waals surface area contributed by atoms with Gasteiger partial charge in [0.05, 0.1) is 24.6 Å². The van der Waals surface area contributed by atoms with Crippen LogP contribution in [-0.2, 0) is 9.53 Å². The smallest absolute Gasteiger partial charge is 0.254 e. The van der Waals surface area contributed by atoms with Crippen molar-refractivity contribution in [2.75, 3.05) is 30.8 Å². The summed E-state index contributed by atoms with van der Waals surface area (Å²) < 4.78 is 5.83. The number of hydrogen-bond donors (Lipinski definition) is 1. The van der Waals surface area contributed by atoms with Crippen LogP contribution in [0.4, 0.5) is 5.69 Å². The van der Waals surface area contributed by atoms with E-state index in [1.54, 1.807) is 11.0 Å². The Balaban J connectivity index is 1.51. The van der Waals surface area contributed by atoms with Crippen LogP contribution in [0.1, 0.15) is 22.0 Å². The fraction of sp³-hybridized carbons (Fsp3) is 0.263. The molecule has 0 saturated carbocycles. The van der Waals surface area contributed by atoms with Crippen LogP contribution in [0.2, 0.25) is 5.02 Å². The Morgan fingerprint density at radius 3 is 2.85 bits per heavy atom. The number of carbonyl (C=O) groups is 2. The van der Waals surface area contributed by atoms with Gasteiger partial charge in [-0.2, -0.15) is 0 Å². The molecule has 2 aliphatic heterocycles. The van der Waals surface area contributed by atoms with E-state index in [9.17, 15) is 9.59 Å². The molecule has 1 N–H and O–H groups in total. The minimum absolute atomic E-state index is 0.0405. The maximum absolute atomic E-state index is 12.9. The fourth-order valence-corrected chi connectivity index (χ4v) is 4.03. The number of ether oxygens (including phenoxy) is 1. The van der Waals surface area contributed by atoms with Crippen LogP contribution < -0.4 is 5.32 Å². The summed E-state index contributed by atoms with van der Waals surface area (Å²) >= 11 is 7.42. The lowest BCUT2D eigenvalue weighted by Gasteiger charge is -2.33. The molecule has 2 amide bonds. The van der Waals surface area contributed by atoms with Gasteiger partial charge in [-0.1, -0.05) is 23.7 Å². The first-order valence-corrected chi connectivity index (χ1v) is 9.69. The lowest BCUT2D eigenvalue weighted by Crippen LogP contribution is -2.42. The molecular formula is C19H17ClN2O3S. The van der Waals surface area contributed by atoms with Crippen LogP contribution >= 0.6 is 23.4 Å². The first-order valence-electron chi connectivity index (χ1n) is 8.33. The van der Waals surface area contributed by atoms with Gasteiger partial charge in [0.2, 0.25) is 5.91 Å². The molecule has 1 saturated heterocycles. The third-order valence-corrected chi connectivity index (χ3v) is 5.78. The SMILES string of the molecule is O=C1CSc2ccc(C(=O)N3CCOC(c4ccc(Cl)cc4)C3)cc2N1. The van der Waals surface area contributed by atoms with Gasteiger partial charge in [0.25, 0.3) is 5.91 Å². The van der Waals surface area contributed by atoms with Gasteiger partial charge in [-0.15, -0.1) is 11.8 Å². The third-order valence-electron chi connectivity index (χ3n) is 4.45. The molecule has 2 aromatic carbocycles. The van der Waals surface area contributed by atoms with E-state index in [0.29, 0.717) is 41.7 Å². The van der Waals surface area contributed by atoms with Gasteiger partial charge in [0.1, 0.15) is 6.10 Å². The zero-order chi connectivity index (χ0) is 18.1. The molecule has 0 bridgehead atoms. The van der Waals surface area contributed by atoms with Crippen molar-refractivity contribution in [1.29, 1.82) is 0 Å². The highest BCUT2D eigenvalue weighted by Crippen LogP contribution is 2.32. The Morgan fingerprint density at radius 1 is 1.23 bits per heavy atom. The first-order chi connectivity index (χ1) is 12.6. The molecule has 134 valence electrons. The zero-order valence-electron chi connectivity index (χ0n) is 13.9. The van der Waals surface area contributed by atoms with Gasteiger partial charge < -0.3 is 15.0 Å². The summed E-state index contributed by atoms with van der Waals surface area (Å²) in [5.41, 5.74) is 2.28. The van der Waals surface area contributed by atoms with Gasteiger partial charge >= 0.3 is 0 Å². The molecule has 2 aliphatic rings. The Labute approximate surface area is 160 Å². The van der Waals surface area contributed by atoms with E-state index in [1.807, 2.05) is 36.4 Å². The number of rotatable bonds is 2. The van der Waals surface area contributed by atoms with Crippen molar-refractivity contribution in [3.05, 3.63) is 58.6 Å². The molecular weight excluding hydrogens is 372 g/mol. The number of halogens is 1. The minimum Gasteiger partial charge on any atom is -0.370 e. The molecule has 2 aromatic rings. The van der Waals surface area contributed by atoms with Gasteiger partial charge in [-0.25, -0.2) is 0 Å². The van der Waals surface area contributed by atoms with E-state index in [1.165, 1.54) is 11.8 Å². The predicted octanol–water partition coefficient (Wildman–Crippen LogP) is 3.60. The molecule has 0 radical (unpaired) electrons. The van der Waals surface area contributed by atoms with Crippen LogP contribution in [0.5, 0.6) is 0 Å². The Bertz CT molecular complexity index is 856. The van der Waals surface area contributed by atoms with Crippen molar-refractivity contribution in [3.63, 3.8) is 0 Å². The standard InChI is InChI=1S/C19H17ClN2O3S/c20-14-4-1-12(2-5-14)16-10-22(7-8-25-16)19(24)13-3-6-17-15(9-13)21-18(23)11-26-17/h1-6,9,16H,7-8,10-11H2,(H,21,23). The topological polar surface area (TPSA) is 58.6 Å². The lowest BCUT2D eigenvalue weighted by atomic mass is 10.1. The largest absolute Gasteiger partial charge is 0.370 e. The number of morpholine rings is 1. The number of amides is 2. The number of anilines is 1. The number of nitrogens with zero attached hydrogens (tertiary/aromatic N) is 1. The molecule has 0 aromatic heterocycles. The molecule has 1 fully saturated rings. The highest BCUT2D eigenvalue weighted by atomic mass is 35.5. The number of hydrogen-bond acceptors (Lipinski definition) is 4.